The number of alkyl halides is 2. The van der Waals surface area contributed by atoms with Gasteiger partial charge in [0.15, 0.2) is 33.0 Å². The van der Waals surface area contributed by atoms with Crippen molar-refractivity contribution < 1.29 is 46.2 Å². The predicted octanol–water partition coefficient (Wildman–Crippen LogP) is 5.09. The highest BCUT2D eigenvalue weighted by molar-refractivity contribution is 6.58. The maximum atomic E-state index is 15.1. The quantitative estimate of drug-likeness (QED) is 0.100. The molecule has 14 heteroatoms. The highest BCUT2D eigenvalue weighted by Crippen LogP contribution is 2.66. The third-order valence-corrected chi connectivity index (χ3v) is 10.7. The van der Waals surface area contributed by atoms with E-state index in [2.05, 4.69) is 5.32 Å². The number of carbonyl (C=O) groups is 4. The number of phenolic OH excluding ortho intramolecular Hbond substituents is 1. The molecule has 2 saturated heterocycles. The van der Waals surface area contributed by atoms with E-state index in [1.54, 1.807) is 36.4 Å². The van der Waals surface area contributed by atoms with Crippen molar-refractivity contribution in [2.24, 2.45) is 17.8 Å². The molecule has 44 heavy (non-hydrogen) atoms. The van der Waals surface area contributed by atoms with Crippen molar-refractivity contribution in [2.75, 3.05) is 4.90 Å². The van der Waals surface area contributed by atoms with Crippen molar-refractivity contribution >= 4 is 63.3 Å². The molecule has 6 atom stereocenters. The summed E-state index contributed by atoms with van der Waals surface area (Å²) in [7, 11) is 0. The molecule has 0 spiro atoms. The van der Waals surface area contributed by atoms with Crippen LogP contribution < -0.4 is 10.2 Å². The lowest BCUT2D eigenvalue weighted by atomic mass is 9.56. The lowest BCUT2D eigenvalue weighted by molar-refractivity contribution is -0.127. The molecule has 7 nitrogen and oxygen atoms in total. The molecule has 3 aromatic carbocycles. The van der Waals surface area contributed by atoms with Gasteiger partial charge in [-0.1, -0.05) is 48.0 Å². The first kappa shape index (κ1) is 28.7. The van der Waals surface area contributed by atoms with Crippen LogP contribution in [0, 0.1) is 46.8 Å². The van der Waals surface area contributed by atoms with Crippen LogP contribution in [-0.4, -0.2) is 38.5 Å². The number of allylic oxidation sites excluding steroid dienone is 2. The summed E-state index contributed by atoms with van der Waals surface area (Å²) in [5.41, 5.74) is -1.67. The summed E-state index contributed by atoms with van der Waals surface area (Å²) in [5.74, 6) is -21.7. The lowest BCUT2D eigenvalue weighted by Gasteiger charge is -2.50. The Morgan fingerprint density at radius 3 is 2.14 bits per heavy atom. The van der Waals surface area contributed by atoms with Gasteiger partial charge >= 0.3 is 0 Å². The topological polar surface area (TPSA) is 104 Å². The maximum Gasteiger partial charge on any atom is 0.258 e. The van der Waals surface area contributed by atoms with E-state index in [1.807, 2.05) is 0 Å². The van der Waals surface area contributed by atoms with E-state index in [0.717, 1.165) is 0 Å². The summed E-state index contributed by atoms with van der Waals surface area (Å²) in [5, 5.41) is 14.6. The third kappa shape index (κ3) is 3.32. The number of rotatable bonds is 2. The summed E-state index contributed by atoms with van der Waals surface area (Å²) in [6.07, 6.45) is 0.931. The van der Waals surface area contributed by atoms with E-state index in [-0.39, 0.29) is 22.5 Å². The summed E-state index contributed by atoms with van der Waals surface area (Å²) < 4.78 is 72.6. The van der Waals surface area contributed by atoms with E-state index >= 15 is 8.78 Å². The fourth-order valence-electron chi connectivity index (χ4n) is 7.33. The molecule has 2 aliphatic carbocycles. The van der Waals surface area contributed by atoms with Crippen molar-refractivity contribution in [3.8, 4) is 5.75 Å². The number of carbonyl (C=O) groups excluding carboxylic acids is 4. The number of amides is 4. The summed E-state index contributed by atoms with van der Waals surface area (Å²) >= 11 is 14.1. The van der Waals surface area contributed by atoms with Gasteiger partial charge in [0.05, 0.1) is 11.8 Å². The number of aromatic hydroxyl groups is 1. The molecule has 0 radical (unpaired) electrons. The second-order valence-electron chi connectivity index (χ2n) is 11.3. The first-order chi connectivity index (χ1) is 20.8. The summed E-state index contributed by atoms with van der Waals surface area (Å²) in [6.45, 7) is 0. The molecule has 7 rings (SSSR count). The van der Waals surface area contributed by atoms with Crippen LogP contribution in [-0.2, 0) is 19.2 Å². The molecular weight excluding hydrogens is 634 g/mol. The van der Waals surface area contributed by atoms with Gasteiger partial charge in [-0.3, -0.25) is 24.5 Å². The van der Waals surface area contributed by atoms with Crippen molar-refractivity contribution in [1.29, 1.82) is 0 Å². The van der Waals surface area contributed by atoms with Gasteiger partial charge < -0.3 is 5.11 Å². The molecule has 2 heterocycles. The molecule has 3 aromatic rings. The van der Waals surface area contributed by atoms with Crippen molar-refractivity contribution in [3.63, 3.8) is 0 Å². The van der Waals surface area contributed by atoms with E-state index in [9.17, 15) is 37.5 Å². The minimum absolute atomic E-state index is 0.00463. The van der Waals surface area contributed by atoms with E-state index < -0.39 is 104 Å². The SMILES string of the molecule is O=C1NC(=O)[C@H]2CC=C3[C@@H](C[C@@]4(Cl)C(=O)N(c5c(F)c(F)c(F)c(F)c5F)C(=O)[C@@]4(Cl)[C@H]3c3ccc4ccccc4c3O)[C@@H]12. The van der Waals surface area contributed by atoms with E-state index in [0.29, 0.717) is 10.8 Å². The van der Waals surface area contributed by atoms with Crippen molar-refractivity contribution in [1.82, 2.24) is 5.32 Å². The van der Waals surface area contributed by atoms with E-state index in [1.165, 1.54) is 6.07 Å². The van der Waals surface area contributed by atoms with Crippen LogP contribution in [0.4, 0.5) is 27.6 Å². The molecule has 4 aliphatic rings. The molecular formula is C30H17Cl2F5N2O5. The first-order valence-electron chi connectivity index (χ1n) is 13.3. The molecule has 1 saturated carbocycles. The maximum absolute atomic E-state index is 15.1. The fraction of sp³-hybridized carbons (Fsp3) is 0.267. The highest BCUT2D eigenvalue weighted by atomic mass is 35.5. The van der Waals surface area contributed by atoms with Gasteiger partial charge in [0.25, 0.3) is 11.8 Å². The number of nitrogens with one attached hydrogen (secondary N) is 1. The predicted molar refractivity (Wildman–Crippen MR) is 145 cm³/mol. The van der Waals surface area contributed by atoms with Crippen LogP contribution in [0.3, 0.4) is 0 Å². The Labute approximate surface area is 254 Å². The Kier molecular flexibility index (Phi) is 6.03. The Hall–Kier alpha value is -4.03. The largest absolute Gasteiger partial charge is 0.507 e. The zero-order valence-corrected chi connectivity index (χ0v) is 23.5. The molecule has 2 aliphatic heterocycles. The highest BCUT2D eigenvalue weighted by Gasteiger charge is 2.77. The number of hydrogen-bond acceptors (Lipinski definition) is 5. The Balaban J connectivity index is 1.51. The van der Waals surface area contributed by atoms with Crippen LogP contribution >= 0.6 is 23.2 Å². The fourth-order valence-corrected chi connectivity index (χ4v) is 8.25. The molecule has 226 valence electrons. The smallest absolute Gasteiger partial charge is 0.258 e. The molecule has 2 N–H and O–H groups in total. The first-order valence-corrected chi connectivity index (χ1v) is 14.0. The average Bonchev–Trinajstić information content (AvgIpc) is 3.37. The van der Waals surface area contributed by atoms with Gasteiger partial charge in [0.1, 0.15) is 11.4 Å². The van der Waals surface area contributed by atoms with Gasteiger partial charge in [0, 0.05) is 16.9 Å². The normalized spacial score (nSPS) is 31.2. The van der Waals surface area contributed by atoms with Crippen LogP contribution in [0.15, 0.2) is 48.0 Å². The number of imide groups is 2. The van der Waals surface area contributed by atoms with Crippen LogP contribution in [0.1, 0.15) is 24.3 Å². The number of benzene rings is 3. The van der Waals surface area contributed by atoms with Crippen molar-refractivity contribution in [2.45, 2.75) is 28.5 Å². The second kappa shape index (κ2) is 9.24. The molecule has 0 aromatic heterocycles. The number of hydrogen-bond donors (Lipinski definition) is 2. The van der Waals surface area contributed by atoms with Crippen molar-refractivity contribution in [3.05, 3.63) is 82.7 Å². The number of nitrogens with zero attached hydrogens (tertiary/aromatic N) is 1. The number of fused-ring (bicyclic) bond motifs is 5. The van der Waals surface area contributed by atoms with Gasteiger partial charge in [0.2, 0.25) is 17.6 Å². The molecule has 3 fully saturated rings. The Morgan fingerprint density at radius 1 is 0.818 bits per heavy atom. The second-order valence-corrected chi connectivity index (χ2v) is 12.5. The minimum atomic E-state index is -2.71. The van der Waals surface area contributed by atoms with Crippen LogP contribution in [0.5, 0.6) is 5.75 Å². The number of anilines is 1. The van der Waals surface area contributed by atoms with Gasteiger partial charge in [-0.2, -0.15) is 0 Å². The van der Waals surface area contributed by atoms with Gasteiger partial charge in [-0.05, 0) is 24.1 Å². The molecule has 4 amide bonds. The number of phenols is 1. The van der Waals surface area contributed by atoms with Gasteiger partial charge in [-0.15, -0.1) is 23.2 Å². The Bertz CT molecular complexity index is 1910. The Morgan fingerprint density at radius 2 is 1.45 bits per heavy atom. The summed E-state index contributed by atoms with van der Waals surface area (Å²) in [4.78, 5) is 48.2. The zero-order chi connectivity index (χ0) is 31.6. The lowest BCUT2D eigenvalue weighted by Crippen LogP contribution is -2.60. The average molecular weight is 651 g/mol. The standard InChI is InChI=1S/C30H17Cl2F5N2O5/c31-29-9-15-12(7-8-13-16(15)26(42)38-25(13)41)17(14-6-5-10-3-1-2-4-11(10)24(14)40)30(29,32)28(44)39(27(29)43)23-21(36)19(34)18(33)20(35)22(23)37/h1-7,13,15-17,40H,8-9H2,(H,38,41,42)/t13-,15+,16-,17+,29+,30-/m0/s1. The number of halogens is 7. The minimum Gasteiger partial charge on any atom is -0.507 e. The molecule has 0 unspecified atom stereocenters. The zero-order valence-electron chi connectivity index (χ0n) is 21.9. The van der Waals surface area contributed by atoms with Crippen LogP contribution in [0.2, 0.25) is 0 Å². The monoisotopic (exact) mass is 650 g/mol. The third-order valence-electron chi connectivity index (χ3n) is 9.31. The molecule has 0 bridgehead atoms. The summed E-state index contributed by atoms with van der Waals surface area (Å²) in [6, 6.07) is 9.53. The van der Waals surface area contributed by atoms with E-state index in [4.69, 9.17) is 23.2 Å². The van der Waals surface area contributed by atoms with Crippen LogP contribution in [0.25, 0.3) is 10.8 Å². The van der Waals surface area contributed by atoms with Gasteiger partial charge in [-0.25, -0.2) is 26.9 Å².